The van der Waals surface area contributed by atoms with Crippen LogP contribution in [0, 0.1) is 0 Å². The number of carbonyl (C=O) groups is 1. The van der Waals surface area contributed by atoms with Crippen molar-refractivity contribution in [1.29, 1.82) is 0 Å². The molecule has 1 N–H and O–H groups in total. The molecule has 0 aromatic heterocycles. The third-order valence-corrected chi connectivity index (χ3v) is 5.56. The van der Waals surface area contributed by atoms with Crippen molar-refractivity contribution in [3.05, 3.63) is 42.5 Å². The summed E-state index contributed by atoms with van der Waals surface area (Å²) >= 11 is 0. The highest BCUT2D eigenvalue weighted by molar-refractivity contribution is 7.92. The number of hydrogen-bond donors (Lipinski definition) is 1. The van der Waals surface area contributed by atoms with Gasteiger partial charge in [-0.15, -0.1) is 0 Å². The SMILES string of the molecule is COc1ccc(S(=O)(=O)Nc2cccc(N3CCCC3=O)c2)c(OC)c1. The Balaban J connectivity index is 1.89. The van der Waals surface area contributed by atoms with Gasteiger partial charge in [-0.2, -0.15) is 0 Å². The van der Waals surface area contributed by atoms with Crippen molar-refractivity contribution in [1.82, 2.24) is 0 Å². The van der Waals surface area contributed by atoms with Crippen LogP contribution in [0.25, 0.3) is 0 Å². The van der Waals surface area contributed by atoms with Crippen LogP contribution in [0.3, 0.4) is 0 Å². The maximum atomic E-state index is 12.8. The molecule has 0 aliphatic carbocycles. The van der Waals surface area contributed by atoms with Gasteiger partial charge in [0.1, 0.15) is 16.4 Å². The third-order valence-electron chi connectivity index (χ3n) is 4.14. The van der Waals surface area contributed by atoms with Crippen LogP contribution in [0.2, 0.25) is 0 Å². The second-order valence-electron chi connectivity index (χ2n) is 5.82. The Hall–Kier alpha value is -2.74. The van der Waals surface area contributed by atoms with Gasteiger partial charge in [0.2, 0.25) is 5.91 Å². The predicted octanol–water partition coefficient (Wildman–Crippen LogP) is 2.63. The lowest BCUT2D eigenvalue weighted by atomic mass is 10.2. The maximum absolute atomic E-state index is 12.8. The number of methoxy groups -OCH3 is 2. The van der Waals surface area contributed by atoms with E-state index >= 15 is 0 Å². The fourth-order valence-corrected chi connectivity index (χ4v) is 4.07. The number of anilines is 2. The summed E-state index contributed by atoms with van der Waals surface area (Å²) in [6.07, 6.45) is 1.32. The summed E-state index contributed by atoms with van der Waals surface area (Å²) in [5.41, 5.74) is 1.05. The molecule has 1 aliphatic rings. The Kier molecular flexibility index (Phi) is 5.03. The predicted molar refractivity (Wildman–Crippen MR) is 98.4 cm³/mol. The van der Waals surface area contributed by atoms with E-state index in [9.17, 15) is 13.2 Å². The molecule has 1 aliphatic heterocycles. The third kappa shape index (κ3) is 3.60. The zero-order chi connectivity index (χ0) is 18.7. The van der Waals surface area contributed by atoms with Crippen molar-refractivity contribution >= 4 is 27.3 Å². The number of nitrogens with zero attached hydrogens (tertiary/aromatic N) is 1. The van der Waals surface area contributed by atoms with Crippen LogP contribution >= 0.6 is 0 Å². The molecule has 1 heterocycles. The highest BCUT2D eigenvalue weighted by Gasteiger charge is 2.23. The average Bonchev–Trinajstić information content (AvgIpc) is 3.07. The number of amides is 1. The van der Waals surface area contributed by atoms with Crippen LogP contribution in [0.15, 0.2) is 47.4 Å². The van der Waals surface area contributed by atoms with Gasteiger partial charge in [0.15, 0.2) is 0 Å². The van der Waals surface area contributed by atoms with Crippen molar-refractivity contribution in [2.45, 2.75) is 17.7 Å². The quantitative estimate of drug-likeness (QED) is 0.838. The molecule has 8 heteroatoms. The molecule has 2 aromatic carbocycles. The van der Waals surface area contributed by atoms with Gasteiger partial charge in [-0.25, -0.2) is 8.42 Å². The molecule has 26 heavy (non-hydrogen) atoms. The Morgan fingerprint density at radius 2 is 1.88 bits per heavy atom. The number of hydrogen-bond acceptors (Lipinski definition) is 5. The maximum Gasteiger partial charge on any atom is 0.265 e. The lowest BCUT2D eigenvalue weighted by molar-refractivity contribution is -0.117. The van der Waals surface area contributed by atoms with Crippen molar-refractivity contribution in [2.75, 3.05) is 30.4 Å². The second kappa shape index (κ2) is 7.25. The molecule has 138 valence electrons. The van der Waals surface area contributed by atoms with E-state index in [2.05, 4.69) is 4.72 Å². The molecule has 1 amide bonds. The number of ether oxygens (including phenoxy) is 2. The summed E-state index contributed by atoms with van der Waals surface area (Å²) in [5.74, 6) is 0.722. The standard InChI is InChI=1S/C18H20N2O5S/c1-24-15-8-9-17(16(12-15)25-2)26(22,23)19-13-5-3-6-14(11-13)20-10-4-7-18(20)21/h3,5-6,8-9,11-12,19H,4,7,10H2,1-2H3. The van der Waals surface area contributed by atoms with Crippen molar-refractivity contribution in [3.8, 4) is 11.5 Å². The van der Waals surface area contributed by atoms with Gasteiger partial charge < -0.3 is 14.4 Å². The number of carbonyl (C=O) groups excluding carboxylic acids is 1. The van der Waals surface area contributed by atoms with Crippen LogP contribution in [0.5, 0.6) is 11.5 Å². The first-order valence-electron chi connectivity index (χ1n) is 8.10. The zero-order valence-corrected chi connectivity index (χ0v) is 15.4. The zero-order valence-electron chi connectivity index (χ0n) is 14.6. The molecule has 0 unspecified atom stereocenters. The first kappa shape index (κ1) is 18.1. The van der Waals surface area contributed by atoms with E-state index in [-0.39, 0.29) is 16.6 Å². The van der Waals surface area contributed by atoms with E-state index in [0.717, 1.165) is 6.42 Å². The van der Waals surface area contributed by atoms with Crippen LogP contribution < -0.4 is 19.1 Å². The number of rotatable bonds is 6. The van der Waals surface area contributed by atoms with E-state index in [1.807, 2.05) is 0 Å². The van der Waals surface area contributed by atoms with Crippen molar-refractivity contribution in [3.63, 3.8) is 0 Å². The molecule has 7 nitrogen and oxygen atoms in total. The molecule has 1 fully saturated rings. The summed E-state index contributed by atoms with van der Waals surface area (Å²) in [6, 6.07) is 11.3. The summed E-state index contributed by atoms with van der Waals surface area (Å²) in [4.78, 5) is 13.6. The van der Waals surface area contributed by atoms with E-state index in [1.165, 1.54) is 26.4 Å². The minimum absolute atomic E-state index is 0.00320. The van der Waals surface area contributed by atoms with Crippen LogP contribution in [0.4, 0.5) is 11.4 Å². The summed E-state index contributed by atoms with van der Waals surface area (Å²) in [7, 11) is -0.980. The molecule has 0 bridgehead atoms. The monoisotopic (exact) mass is 376 g/mol. The smallest absolute Gasteiger partial charge is 0.265 e. The van der Waals surface area contributed by atoms with E-state index < -0.39 is 10.0 Å². The fraction of sp³-hybridized carbons (Fsp3) is 0.278. The molecule has 1 saturated heterocycles. The average molecular weight is 376 g/mol. The molecule has 2 aromatic rings. The summed E-state index contributed by atoms with van der Waals surface area (Å²) < 4.78 is 38.3. The summed E-state index contributed by atoms with van der Waals surface area (Å²) in [5, 5.41) is 0. The first-order chi connectivity index (χ1) is 12.4. The largest absolute Gasteiger partial charge is 0.497 e. The van der Waals surface area contributed by atoms with E-state index in [4.69, 9.17) is 9.47 Å². The normalized spacial score (nSPS) is 14.4. The molecule has 0 atom stereocenters. The van der Waals surface area contributed by atoms with Crippen LogP contribution in [-0.2, 0) is 14.8 Å². The van der Waals surface area contributed by atoms with Crippen molar-refractivity contribution in [2.24, 2.45) is 0 Å². The Morgan fingerprint density at radius 3 is 2.54 bits per heavy atom. The van der Waals surface area contributed by atoms with Gasteiger partial charge in [0.05, 0.1) is 19.9 Å². The Morgan fingerprint density at radius 1 is 1.08 bits per heavy atom. The van der Waals surface area contributed by atoms with Crippen molar-refractivity contribution < 1.29 is 22.7 Å². The number of nitrogens with one attached hydrogen (secondary N) is 1. The lowest BCUT2D eigenvalue weighted by Gasteiger charge is -2.17. The van der Waals surface area contributed by atoms with Gasteiger partial charge in [-0.3, -0.25) is 9.52 Å². The number of sulfonamides is 1. The second-order valence-corrected chi connectivity index (χ2v) is 7.47. The highest BCUT2D eigenvalue weighted by Crippen LogP contribution is 2.31. The minimum Gasteiger partial charge on any atom is -0.497 e. The minimum atomic E-state index is -3.87. The van der Waals surface area contributed by atoms with Gasteiger partial charge in [0.25, 0.3) is 10.0 Å². The highest BCUT2D eigenvalue weighted by atomic mass is 32.2. The molecule has 3 rings (SSSR count). The fourth-order valence-electron chi connectivity index (χ4n) is 2.87. The van der Waals surface area contributed by atoms with Gasteiger partial charge >= 0.3 is 0 Å². The first-order valence-corrected chi connectivity index (χ1v) is 9.58. The van der Waals surface area contributed by atoms with E-state index in [1.54, 1.807) is 35.2 Å². The molecular weight excluding hydrogens is 356 g/mol. The van der Waals surface area contributed by atoms with Crippen LogP contribution in [0.1, 0.15) is 12.8 Å². The van der Waals surface area contributed by atoms with Gasteiger partial charge in [-0.1, -0.05) is 6.07 Å². The van der Waals surface area contributed by atoms with E-state index in [0.29, 0.717) is 30.1 Å². The summed E-state index contributed by atoms with van der Waals surface area (Å²) in [6.45, 7) is 0.640. The van der Waals surface area contributed by atoms with Crippen LogP contribution in [-0.4, -0.2) is 35.1 Å². The topological polar surface area (TPSA) is 84.9 Å². The molecule has 0 radical (unpaired) electrons. The van der Waals surface area contributed by atoms with Gasteiger partial charge in [0, 0.05) is 24.7 Å². The molecule has 0 saturated carbocycles. The molecular formula is C18H20N2O5S. The Bertz CT molecular complexity index is 927. The number of benzene rings is 2. The Labute approximate surface area is 152 Å². The van der Waals surface area contributed by atoms with Gasteiger partial charge in [-0.05, 0) is 36.8 Å². The molecule has 0 spiro atoms. The lowest BCUT2D eigenvalue weighted by Crippen LogP contribution is -2.23.